The molecule has 7 nitrogen and oxygen atoms in total. The zero-order chi connectivity index (χ0) is 64.0. The lowest BCUT2D eigenvalue weighted by Gasteiger charge is -2.20. The van der Waals surface area contributed by atoms with Crippen molar-refractivity contribution >= 4 is 7.82 Å². The van der Waals surface area contributed by atoms with Gasteiger partial charge in [-0.15, -0.1) is 0 Å². The highest BCUT2D eigenvalue weighted by Gasteiger charge is 2.06. The minimum Gasteiger partial charge on any atom is -0.304 e. The average Bonchev–Trinajstić information content (AvgIpc) is 3.52. The summed E-state index contributed by atoms with van der Waals surface area (Å²) < 4.78 is 8.88. The second-order valence-electron chi connectivity index (χ2n) is 26.9. The van der Waals surface area contributed by atoms with Gasteiger partial charge < -0.3 is 29.4 Å². The van der Waals surface area contributed by atoms with Crippen molar-refractivity contribution in [3.05, 3.63) is 0 Å². The van der Waals surface area contributed by atoms with E-state index in [9.17, 15) is 0 Å². The van der Waals surface area contributed by atoms with Crippen LogP contribution in [0.5, 0.6) is 0 Å². The van der Waals surface area contributed by atoms with Crippen molar-refractivity contribution in [1.29, 1.82) is 0 Å². The number of nitrogens with zero attached hydrogens (tertiary/aromatic N) is 3. The first-order chi connectivity index (χ1) is 42.0. The first kappa shape index (κ1) is 92.4. The molecule has 0 aromatic rings. The van der Waals surface area contributed by atoms with E-state index in [1.54, 1.807) is 0 Å². The molecule has 0 spiro atoms. The number of hydrogen-bond donors (Lipinski definition) is 3. The van der Waals surface area contributed by atoms with Gasteiger partial charge in [-0.05, 0) is 97.4 Å². The molecule has 0 aliphatic rings. The van der Waals surface area contributed by atoms with E-state index in [0.717, 1.165) is 0 Å². The van der Waals surface area contributed by atoms with Gasteiger partial charge in [-0.1, -0.05) is 409 Å². The number of rotatable bonds is 69. The molecule has 0 aliphatic carbocycles. The van der Waals surface area contributed by atoms with Gasteiger partial charge in [0.15, 0.2) is 0 Å². The van der Waals surface area contributed by atoms with Crippen LogP contribution in [0.15, 0.2) is 0 Å². The Bertz CT molecular complexity index is 971. The minimum absolute atomic E-state index is 1.24. The Balaban J connectivity index is -0.000000562. The van der Waals surface area contributed by atoms with E-state index in [4.69, 9.17) is 19.2 Å². The molecule has 3 N–H and O–H groups in total. The van der Waals surface area contributed by atoms with Gasteiger partial charge in [0.2, 0.25) is 0 Å². The highest BCUT2D eigenvalue weighted by atomic mass is 31.2. The van der Waals surface area contributed by atoms with Gasteiger partial charge in [-0.25, -0.2) is 4.57 Å². The molecule has 0 rings (SSSR count). The maximum Gasteiger partial charge on any atom is 0.466 e. The van der Waals surface area contributed by atoms with E-state index in [1.807, 2.05) is 0 Å². The van der Waals surface area contributed by atoms with Crippen LogP contribution in [0.4, 0.5) is 0 Å². The van der Waals surface area contributed by atoms with Crippen molar-refractivity contribution in [2.75, 3.05) is 58.9 Å². The van der Waals surface area contributed by atoms with Crippen LogP contribution < -0.4 is 0 Å². The maximum atomic E-state index is 8.88. The largest absolute Gasteiger partial charge is 0.466 e. The predicted molar refractivity (Wildman–Crippen MR) is 392 cm³/mol. The summed E-state index contributed by atoms with van der Waals surface area (Å²) in [5.41, 5.74) is 0. The van der Waals surface area contributed by atoms with Crippen LogP contribution in [-0.2, 0) is 4.57 Å². The molecule has 8 heteroatoms. The molecule has 0 amide bonds. The van der Waals surface area contributed by atoms with Crippen LogP contribution in [-0.4, -0.2) is 88.3 Å². The molecule has 0 aromatic carbocycles. The summed E-state index contributed by atoms with van der Waals surface area (Å²) >= 11 is 0. The molecule has 86 heavy (non-hydrogen) atoms. The second-order valence-corrected chi connectivity index (χ2v) is 27.9. The van der Waals surface area contributed by atoms with Crippen molar-refractivity contribution in [2.24, 2.45) is 0 Å². The van der Waals surface area contributed by atoms with E-state index in [-0.39, 0.29) is 0 Å². The smallest absolute Gasteiger partial charge is 0.304 e. The molecule has 0 aromatic heterocycles. The summed E-state index contributed by atoms with van der Waals surface area (Å²) in [6.07, 6.45) is 86.8. The zero-order valence-electron chi connectivity index (χ0n) is 61.3. The Morgan fingerprint density at radius 2 is 0.256 bits per heavy atom. The molecule has 0 saturated heterocycles. The third kappa shape index (κ3) is 95.1. The quantitative estimate of drug-likeness (QED) is 0.0413. The third-order valence-electron chi connectivity index (χ3n) is 18.3. The average molecular weight is 1240 g/mol. The van der Waals surface area contributed by atoms with Gasteiger partial charge in [0, 0.05) is 0 Å². The van der Waals surface area contributed by atoms with E-state index in [0.29, 0.717) is 0 Å². The van der Waals surface area contributed by atoms with E-state index < -0.39 is 7.82 Å². The lowest BCUT2D eigenvalue weighted by Crippen LogP contribution is -2.25. The SMILES string of the molecule is CCCCCCCCCCCCN(CC)CCCCCCCCCCCC.CCCCCCCCCCCCN(CC)CCCCCCCCCCCC.CCCCCCCCCCCCN(CC)CCCCCCCCCCCC.O=P(O)(O)O. The minimum atomic E-state index is -4.64. The molecule has 0 saturated carbocycles. The van der Waals surface area contributed by atoms with Crippen LogP contribution in [0.3, 0.4) is 0 Å². The molecule has 0 heterocycles. The fraction of sp³-hybridized carbons (Fsp3) is 1.00. The van der Waals surface area contributed by atoms with Gasteiger partial charge in [0.1, 0.15) is 0 Å². The van der Waals surface area contributed by atoms with Gasteiger partial charge in [-0.2, -0.15) is 0 Å². The molecule has 0 atom stereocenters. The Kier molecular flexibility index (Phi) is 91.3. The van der Waals surface area contributed by atoms with E-state index in [2.05, 4.69) is 77.0 Å². The number of phosphoric acid groups is 1. The van der Waals surface area contributed by atoms with E-state index in [1.165, 1.54) is 444 Å². The highest BCUT2D eigenvalue weighted by Crippen LogP contribution is 2.26. The van der Waals surface area contributed by atoms with Crippen molar-refractivity contribution in [1.82, 2.24) is 14.7 Å². The molecular formula is C78H168N3O4P. The first-order valence-corrected chi connectivity index (χ1v) is 41.6. The fourth-order valence-corrected chi connectivity index (χ4v) is 12.2. The Morgan fingerprint density at radius 3 is 0.337 bits per heavy atom. The van der Waals surface area contributed by atoms with Crippen molar-refractivity contribution in [2.45, 2.75) is 448 Å². The lowest BCUT2D eigenvalue weighted by molar-refractivity contribution is 0.273. The standard InChI is InChI=1S/3C26H55N.H3O4P/c3*1-4-7-9-11-13-15-17-19-21-23-25-27(6-3)26-24-22-20-18-16-14-12-10-8-5-2;1-5(2,3)4/h3*4-26H2,1-3H3;(H3,1,2,3,4). The Hall–Kier alpha value is -0.0100. The first-order valence-electron chi connectivity index (χ1n) is 40.0. The van der Waals surface area contributed by atoms with Gasteiger partial charge >= 0.3 is 7.82 Å². The van der Waals surface area contributed by atoms with Crippen molar-refractivity contribution in [3.8, 4) is 0 Å². The maximum absolute atomic E-state index is 8.88. The van der Waals surface area contributed by atoms with Gasteiger partial charge in [0.25, 0.3) is 0 Å². The monoisotopic (exact) mass is 1240 g/mol. The molecule has 0 radical (unpaired) electrons. The van der Waals surface area contributed by atoms with Crippen LogP contribution in [0.2, 0.25) is 0 Å². The Labute approximate surface area is 545 Å². The lowest BCUT2D eigenvalue weighted by atomic mass is 10.1. The van der Waals surface area contributed by atoms with Gasteiger partial charge in [-0.3, -0.25) is 0 Å². The summed E-state index contributed by atoms with van der Waals surface area (Å²) in [5.74, 6) is 0. The Morgan fingerprint density at radius 1 is 0.174 bits per heavy atom. The summed E-state index contributed by atoms with van der Waals surface area (Å²) in [7, 11) is -4.64. The zero-order valence-corrected chi connectivity index (χ0v) is 62.2. The predicted octanol–water partition coefficient (Wildman–Crippen LogP) is 26.5. The highest BCUT2D eigenvalue weighted by molar-refractivity contribution is 7.45. The molecular weight excluding hydrogens is 1070 g/mol. The van der Waals surface area contributed by atoms with E-state index >= 15 is 0 Å². The van der Waals surface area contributed by atoms with Crippen LogP contribution in [0, 0.1) is 0 Å². The third-order valence-corrected chi connectivity index (χ3v) is 18.3. The normalized spacial score (nSPS) is 11.6. The van der Waals surface area contributed by atoms with Crippen molar-refractivity contribution < 1.29 is 19.2 Å². The fourth-order valence-electron chi connectivity index (χ4n) is 12.2. The van der Waals surface area contributed by atoms with Crippen LogP contribution in [0.25, 0.3) is 0 Å². The van der Waals surface area contributed by atoms with Crippen LogP contribution >= 0.6 is 7.82 Å². The topological polar surface area (TPSA) is 87.5 Å². The summed E-state index contributed by atoms with van der Waals surface area (Å²) in [6, 6.07) is 0. The summed E-state index contributed by atoms with van der Waals surface area (Å²) in [4.78, 5) is 29.6. The number of hydrogen-bond acceptors (Lipinski definition) is 4. The molecule has 524 valence electrons. The number of unbranched alkanes of at least 4 members (excludes halogenated alkanes) is 54. The van der Waals surface area contributed by atoms with Crippen LogP contribution in [0.1, 0.15) is 448 Å². The summed E-state index contributed by atoms with van der Waals surface area (Å²) in [6.45, 7) is 32.6. The molecule has 0 bridgehead atoms. The van der Waals surface area contributed by atoms with Crippen molar-refractivity contribution in [3.63, 3.8) is 0 Å². The van der Waals surface area contributed by atoms with Gasteiger partial charge in [0.05, 0.1) is 0 Å². The molecule has 0 aliphatic heterocycles. The molecule has 0 fully saturated rings. The second kappa shape index (κ2) is 85.0. The molecule has 0 unspecified atom stereocenters. The summed E-state index contributed by atoms with van der Waals surface area (Å²) in [5, 5.41) is 0.